The third-order valence-electron chi connectivity index (χ3n) is 3.70. The van der Waals surface area contributed by atoms with Crippen molar-refractivity contribution in [3.63, 3.8) is 0 Å². The Kier molecular flexibility index (Phi) is 6.30. The summed E-state index contributed by atoms with van der Waals surface area (Å²) in [6.07, 6.45) is 1.05. The Bertz CT molecular complexity index is 375. The molecule has 2 rings (SSSR count). The molecular formula is C16H26N2O2. The van der Waals surface area contributed by atoms with Crippen LogP contribution >= 0.6 is 0 Å². The summed E-state index contributed by atoms with van der Waals surface area (Å²) in [5, 5.41) is 3.59. The molecule has 1 N–H and O–H groups in total. The van der Waals surface area contributed by atoms with Crippen LogP contribution in [0.5, 0.6) is 5.75 Å². The van der Waals surface area contributed by atoms with Gasteiger partial charge < -0.3 is 14.8 Å². The highest BCUT2D eigenvalue weighted by atomic mass is 16.5. The molecule has 0 amide bonds. The van der Waals surface area contributed by atoms with E-state index in [-0.39, 0.29) is 0 Å². The monoisotopic (exact) mass is 278 g/mol. The van der Waals surface area contributed by atoms with E-state index in [0.717, 1.165) is 51.6 Å². The van der Waals surface area contributed by atoms with Crippen molar-refractivity contribution in [3.05, 3.63) is 29.8 Å². The Labute approximate surface area is 122 Å². The zero-order valence-electron chi connectivity index (χ0n) is 12.6. The van der Waals surface area contributed by atoms with Gasteiger partial charge in [-0.2, -0.15) is 0 Å². The van der Waals surface area contributed by atoms with E-state index in [2.05, 4.69) is 29.3 Å². The van der Waals surface area contributed by atoms with Crippen molar-refractivity contribution in [1.29, 1.82) is 0 Å². The van der Waals surface area contributed by atoms with Crippen molar-refractivity contribution in [2.75, 3.05) is 46.5 Å². The SMILES string of the molecule is COc1ccc(CCNC(C)CN2CCOCC2)cc1. The lowest BCUT2D eigenvalue weighted by Gasteiger charge is -2.29. The molecule has 1 atom stereocenters. The topological polar surface area (TPSA) is 33.7 Å². The molecule has 0 bridgehead atoms. The fourth-order valence-electron chi connectivity index (χ4n) is 2.49. The summed E-state index contributed by atoms with van der Waals surface area (Å²) >= 11 is 0. The van der Waals surface area contributed by atoms with Gasteiger partial charge in [0.1, 0.15) is 5.75 Å². The summed E-state index contributed by atoms with van der Waals surface area (Å²) in [5.74, 6) is 0.919. The second-order valence-electron chi connectivity index (χ2n) is 5.37. The zero-order chi connectivity index (χ0) is 14.2. The molecule has 112 valence electrons. The van der Waals surface area contributed by atoms with Crippen molar-refractivity contribution in [1.82, 2.24) is 10.2 Å². The third-order valence-corrected chi connectivity index (χ3v) is 3.70. The number of nitrogens with one attached hydrogen (secondary N) is 1. The molecule has 1 aromatic rings. The van der Waals surface area contributed by atoms with Gasteiger partial charge in [-0.3, -0.25) is 4.90 Å². The highest BCUT2D eigenvalue weighted by Crippen LogP contribution is 2.11. The molecule has 1 aliphatic heterocycles. The number of hydrogen-bond donors (Lipinski definition) is 1. The standard InChI is InChI=1S/C16H26N2O2/c1-14(13-18-9-11-20-12-10-18)17-8-7-15-3-5-16(19-2)6-4-15/h3-6,14,17H,7-13H2,1-2H3. The first-order valence-corrected chi connectivity index (χ1v) is 7.44. The number of rotatable bonds is 7. The number of hydrogen-bond acceptors (Lipinski definition) is 4. The highest BCUT2D eigenvalue weighted by Gasteiger charge is 2.12. The summed E-state index contributed by atoms with van der Waals surface area (Å²) in [6, 6.07) is 8.82. The minimum atomic E-state index is 0.520. The van der Waals surface area contributed by atoms with Gasteiger partial charge in [0, 0.05) is 25.7 Å². The minimum Gasteiger partial charge on any atom is -0.497 e. The van der Waals surface area contributed by atoms with Gasteiger partial charge in [-0.15, -0.1) is 0 Å². The van der Waals surface area contributed by atoms with Crippen LogP contribution in [0, 0.1) is 0 Å². The van der Waals surface area contributed by atoms with Gasteiger partial charge in [0.25, 0.3) is 0 Å². The van der Waals surface area contributed by atoms with Crippen LogP contribution < -0.4 is 10.1 Å². The van der Waals surface area contributed by atoms with E-state index in [9.17, 15) is 0 Å². The Hall–Kier alpha value is -1.10. The number of methoxy groups -OCH3 is 1. The molecule has 1 saturated heterocycles. The molecule has 0 spiro atoms. The smallest absolute Gasteiger partial charge is 0.118 e. The first-order chi connectivity index (χ1) is 9.78. The number of morpholine rings is 1. The van der Waals surface area contributed by atoms with Crippen LogP contribution in [-0.4, -0.2) is 57.4 Å². The Morgan fingerprint density at radius 3 is 2.60 bits per heavy atom. The van der Waals surface area contributed by atoms with Crippen LogP contribution in [0.25, 0.3) is 0 Å². The average molecular weight is 278 g/mol. The molecule has 4 heteroatoms. The molecule has 0 aliphatic carbocycles. The maximum atomic E-state index is 5.37. The van der Waals surface area contributed by atoms with E-state index in [4.69, 9.17) is 9.47 Å². The quantitative estimate of drug-likeness (QED) is 0.820. The molecule has 1 unspecified atom stereocenters. The lowest BCUT2D eigenvalue weighted by atomic mass is 10.1. The van der Waals surface area contributed by atoms with E-state index < -0.39 is 0 Å². The molecule has 20 heavy (non-hydrogen) atoms. The van der Waals surface area contributed by atoms with Gasteiger partial charge in [-0.1, -0.05) is 12.1 Å². The first kappa shape index (κ1) is 15.3. The van der Waals surface area contributed by atoms with Crippen LogP contribution in [-0.2, 0) is 11.2 Å². The van der Waals surface area contributed by atoms with E-state index in [0.29, 0.717) is 6.04 Å². The van der Waals surface area contributed by atoms with E-state index in [1.807, 2.05) is 12.1 Å². The number of ether oxygens (including phenoxy) is 2. The summed E-state index contributed by atoms with van der Waals surface area (Å²) < 4.78 is 10.5. The molecule has 0 aromatic heterocycles. The fraction of sp³-hybridized carbons (Fsp3) is 0.625. The lowest BCUT2D eigenvalue weighted by Crippen LogP contribution is -2.44. The van der Waals surface area contributed by atoms with Gasteiger partial charge in [-0.25, -0.2) is 0 Å². The molecule has 0 radical (unpaired) electrons. The zero-order valence-corrected chi connectivity index (χ0v) is 12.6. The second-order valence-corrected chi connectivity index (χ2v) is 5.37. The predicted molar refractivity (Wildman–Crippen MR) is 81.4 cm³/mol. The Morgan fingerprint density at radius 1 is 1.25 bits per heavy atom. The molecule has 1 aliphatic rings. The fourth-order valence-corrected chi connectivity index (χ4v) is 2.49. The maximum Gasteiger partial charge on any atom is 0.118 e. The molecular weight excluding hydrogens is 252 g/mol. The van der Waals surface area contributed by atoms with Crippen molar-refractivity contribution in [2.45, 2.75) is 19.4 Å². The van der Waals surface area contributed by atoms with Crippen molar-refractivity contribution in [2.24, 2.45) is 0 Å². The highest BCUT2D eigenvalue weighted by molar-refractivity contribution is 5.27. The van der Waals surface area contributed by atoms with Crippen LogP contribution in [0.15, 0.2) is 24.3 Å². The van der Waals surface area contributed by atoms with Gasteiger partial charge in [0.15, 0.2) is 0 Å². The summed E-state index contributed by atoms with van der Waals surface area (Å²) in [4.78, 5) is 2.47. The first-order valence-electron chi connectivity index (χ1n) is 7.44. The third kappa shape index (κ3) is 5.12. The Balaban J connectivity index is 1.63. The molecule has 4 nitrogen and oxygen atoms in total. The van der Waals surface area contributed by atoms with E-state index in [1.165, 1.54) is 5.56 Å². The van der Waals surface area contributed by atoms with Crippen LogP contribution in [0.2, 0.25) is 0 Å². The van der Waals surface area contributed by atoms with Crippen LogP contribution in [0.3, 0.4) is 0 Å². The predicted octanol–water partition coefficient (Wildman–Crippen LogP) is 1.55. The molecule has 0 saturated carbocycles. The van der Waals surface area contributed by atoms with Gasteiger partial charge in [0.2, 0.25) is 0 Å². The summed E-state index contributed by atoms with van der Waals surface area (Å²) in [7, 11) is 1.70. The normalized spacial score (nSPS) is 17.9. The van der Waals surface area contributed by atoms with Gasteiger partial charge in [-0.05, 0) is 37.6 Å². The number of benzene rings is 1. The maximum absolute atomic E-state index is 5.37. The second kappa shape index (κ2) is 8.25. The van der Waals surface area contributed by atoms with Crippen molar-refractivity contribution >= 4 is 0 Å². The Morgan fingerprint density at radius 2 is 1.95 bits per heavy atom. The average Bonchev–Trinajstić information content (AvgIpc) is 2.49. The molecule has 1 fully saturated rings. The van der Waals surface area contributed by atoms with Crippen LogP contribution in [0.4, 0.5) is 0 Å². The minimum absolute atomic E-state index is 0.520. The summed E-state index contributed by atoms with van der Waals surface area (Å²) in [5.41, 5.74) is 1.34. The summed E-state index contributed by atoms with van der Waals surface area (Å²) in [6.45, 7) is 8.24. The molecule has 1 heterocycles. The van der Waals surface area contributed by atoms with Gasteiger partial charge >= 0.3 is 0 Å². The van der Waals surface area contributed by atoms with E-state index in [1.54, 1.807) is 7.11 Å². The molecule has 1 aromatic carbocycles. The van der Waals surface area contributed by atoms with Crippen LogP contribution in [0.1, 0.15) is 12.5 Å². The lowest BCUT2D eigenvalue weighted by molar-refractivity contribution is 0.0344. The number of nitrogens with zero attached hydrogens (tertiary/aromatic N) is 1. The van der Waals surface area contributed by atoms with Gasteiger partial charge in [0.05, 0.1) is 20.3 Å². The van der Waals surface area contributed by atoms with Crippen molar-refractivity contribution < 1.29 is 9.47 Å². The van der Waals surface area contributed by atoms with E-state index >= 15 is 0 Å². The van der Waals surface area contributed by atoms with Crippen molar-refractivity contribution in [3.8, 4) is 5.75 Å². The largest absolute Gasteiger partial charge is 0.497 e.